The monoisotopic (exact) mass is 158 g/mol. The van der Waals surface area contributed by atoms with Crippen molar-refractivity contribution in [3.05, 3.63) is 54.1 Å². The van der Waals surface area contributed by atoms with E-state index in [1.54, 1.807) is 6.08 Å². The summed E-state index contributed by atoms with van der Waals surface area (Å²) < 4.78 is 0. The Labute approximate surface area is 74.2 Å². The normalized spacial score (nSPS) is 9.50. The fourth-order valence-electron chi connectivity index (χ4n) is 1.28. The maximum absolute atomic E-state index is 3.91. The van der Waals surface area contributed by atoms with Crippen LogP contribution in [0.25, 0.3) is 5.57 Å². The van der Waals surface area contributed by atoms with Crippen molar-refractivity contribution in [2.75, 3.05) is 0 Å². The molecule has 0 saturated heterocycles. The van der Waals surface area contributed by atoms with Crippen LogP contribution in [0.4, 0.5) is 0 Å². The molecular weight excluding hydrogens is 144 g/mol. The highest BCUT2D eigenvalue weighted by atomic mass is 14.0. The van der Waals surface area contributed by atoms with E-state index in [1.807, 2.05) is 0 Å². The van der Waals surface area contributed by atoms with Gasteiger partial charge in [-0.1, -0.05) is 48.6 Å². The molecule has 62 valence electrons. The van der Waals surface area contributed by atoms with E-state index in [0.717, 1.165) is 5.57 Å². The first-order chi connectivity index (χ1) is 5.63. The summed E-state index contributed by atoms with van der Waals surface area (Å²) in [6, 6.07) is 6.40. The first-order valence-electron chi connectivity index (χ1n) is 4.03. The van der Waals surface area contributed by atoms with E-state index in [1.165, 1.54) is 16.7 Å². The predicted molar refractivity (Wildman–Crippen MR) is 55.1 cm³/mol. The van der Waals surface area contributed by atoms with Crippen LogP contribution in [-0.4, -0.2) is 0 Å². The molecular formula is C12H14. The van der Waals surface area contributed by atoms with Gasteiger partial charge in [-0.3, -0.25) is 0 Å². The van der Waals surface area contributed by atoms with E-state index in [9.17, 15) is 0 Å². The zero-order chi connectivity index (χ0) is 9.14. The third-order valence-corrected chi connectivity index (χ3v) is 1.84. The SMILES string of the molecule is C=CC(=C)c1cc(C)cc(C)c1. The molecule has 0 aliphatic heterocycles. The van der Waals surface area contributed by atoms with Gasteiger partial charge < -0.3 is 0 Å². The van der Waals surface area contributed by atoms with Crippen molar-refractivity contribution in [3.8, 4) is 0 Å². The molecule has 0 nitrogen and oxygen atoms in total. The van der Waals surface area contributed by atoms with E-state index < -0.39 is 0 Å². The average Bonchev–Trinajstić information content (AvgIpc) is 2.01. The molecule has 12 heavy (non-hydrogen) atoms. The first kappa shape index (κ1) is 8.79. The van der Waals surface area contributed by atoms with Crippen molar-refractivity contribution in [2.24, 2.45) is 0 Å². The smallest absolute Gasteiger partial charge is 0.0185 e. The van der Waals surface area contributed by atoms with Crippen molar-refractivity contribution in [2.45, 2.75) is 13.8 Å². The van der Waals surface area contributed by atoms with Crippen LogP contribution in [0.3, 0.4) is 0 Å². The summed E-state index contributed by atoms with van der Waals surface area (Å²) in [4.78, 5) is 0. The Balaban J connectivity index is 3.17. The van der Waals surface area contributed by atoms with Crippen LogP contribution in [0.5, 0.6) is 0 Å². The lowest BCUT2D eigenvalue weighted by Gasteiger charge is -2.03. The third kappa shape index (κ3) is 1.85. The molecule has 0 heteroatoms. The number of rotatable bonds is 2. The maximum atomic E-state index is 3.91. The molecule has 0 aromatic heterocycles. The van der Waals surface area contributed by atoms with Crippen molar-refractivity contribution < 1.29 is 0 Å². The summed E-state index contributed by atoms with van der Waals surface area (Å²) in [5.41, 5.74) is 4.70. The molecule has 0 N–H and O–H groups in total. The van der Waals surface area contributed by atoms with Gasteiger partial charge in [-0.05, 0) is 25.0 Å². The minimum atomic E-state index is 0.988. The van der Waals surface area contributed by atoms with Crippen molar-refractivity contribution in [3.63, 3.8) is 0 Å². The number of benzene rings is 1. The Hall–Kier alpha value is -1.30. The number of allylic oxidation sites excluding steroid dienone is 2. The maximum Gasteiger partial charge on any atom is -0.0185 e. The topological polar surface area (TPSA) is 0 Å². The summed E-state index contributed by atoms with van der Waals surface area (Å²) in [5, 5.41) is 0. The highest BCUT2D eigenvalue weighted by Crippen LogP contribution is 2.16. The van der Waals surface area contributed by atoms with Crippen LogP contribution in [0.2, 0.25) is 0 Å². The van der Waals surface area contributed by atoms with Crippen LogP contribution in [0.1, 0.15) is 16.7 Å². The van der Waals surface area contributed by atoms with E-state index in [2.05, 4.69) is 45.2 Å². The van der Waals surface area contributed by atoms with Gasteiger partial charge >= 0.3 is 0 Å². The van der Waals surface area contributed by atoms with Crippen LogP contribution >= 0.6 is 0 Å². The van der Waals surface area contributed by atoms with Gasteiger partial charge in [0.2, 0.25) is 0 Å². The second-order valence-corrected chi connectivity index (χ2v) is 3.11. The fraction of sp³-hybridized carbons (Fsp3) is 0.167. The van der Waals surface area contributed by atoms with Crippen LogP contribution in [-0.2, 0) is 0 Å². The number of hydrogen-bond acceptors (Lipinski definition) is 0. The van der Waals surface area contributed by atoms with E-state index in [0.29, 0.717) is 0 Å². The lowest BCUT2D eigenvalue weighted by Crippen LogP contribution is -1.83. The van der Waals surface area contributed by atoms with Gasteiger partial charge in [0.05, 0.1) is 0 Å². The molecule has 1 rings (SSSR count). The van der Waals surface area contributed by atoms with Crippen LogP contribution in [0, 0.1) is 13.8 Å². The molecule has 0 spiro atoms. The van der Waals surface area contributed by atoms with Gasteiger partial charge in [0.25, 0.3) is 0 Å². The quantitative estimate of drug-likeness (QED) is 0.578. The zero-order valence-electron chi connectivity index (χ0n) is 7.72. The molecule has 0 aliphatic rings. The molecule has 0 atom stereocenters. The standard InChI is InChI=1S/C12H14/c1-5-11(4)12-7-9(2)6-10(3)8-12/h5-8H,1,4H2,2-3H3. The largest absolute Gasteiger partial charge is 0.0985 e. The fourth-order valence-corrected chi connectivity index (χ4v) is 1.28. The highest BCUT2D eigenvalue weighted by molar-refractivity contribution is 5.72. The second-order valence-electron chi connectivity index (χ2n) is 3.11. The Morgan fingerprint density at radius 3 is 2.08 bits per heavy atom. The summed E-state index contributed by atoms with van der Waals surface area (Å²) in [6.07, 6.45) is 1.79. The van der Waals surface area contributed by atoms with Crippen molar-refractivity contribution in [1.82, 2.24) is 0 Å². The second kappa shape index (κ2) is 3.40. The Kier molecular flexibility index (Phi) is 2.49. The average molecular weight is 158 g/mol. The molecule has 0 bridgehead atoms. The minimum absolute atomic E-state index is 0.988. The minimum Gasteiger partial charge on any atom is -0.0985 e. The summed E-state index contributed by atoms with van der Waals surface area (Å²) in [5.74, 6) is 0. The highest BCUT2D eigenvalue weighted by Gasteiger charge is 1.96. The van der Waals surface area contributed by atoms with Gasteiger partial charge in [-0.25, -0.2) is 0 Å². The van der Waals surface area contributed by atoms with Crippen LogP contribution in [0.15, 0.2) is 37.4 Å². The molecule has 0 saturated carbocycles. The zero-order valence-corrected chi connectivity index (χ0v) is 7.72. The first-order valence-corrected chi connectivity index (χ1v) is 4.03. The lowest BCUT2D eigenvalue weighted by molar-refractivity contribution is 1.37. The van der Waals surface area contributed by atoms with Gasteiger partial charge in [0.15, 0.2) is 0 Å². The Morgan fingerprint density at radius 1 is 1.17 bits per heavy atom. The van der Waals surface area contributed by atoms with Gasteiger partial charge in [0, 0.05) is 0 Å². The van der Waals surface area contributed by atoms with E-state index >= 15 is 0 Å². The summed E-state index contributed by atoms with van der Waals surface area (Å²) in [7, 11) is 0. The van der Waals surface area contributed by atoms with E-state index in [-0.39, 0.29) is 0 Å². The lowest BCUT2D eigenvalue weighted by atomic mass is 10.0. The summed E-state index contributed by atoms with van der Waals surface area (Å²) in [6.45, 7) is 11.8. The van der Waals surface area contributed by atoms with E-state index in [4.69, 9.17) is 0 Å². The van der Waals surface area contributed by atoms with Gasteiger partial charge in [0.1, 0.15) is 0 Å². The van der Waals surface area contributed by atoms with Gasteiger partial charge in [-0.2, -0.15) is 0 Å². The Bertz CT molecular complexity index is 299. The molecule has 0 aliphatic carbocycles. The molecule has 0 radical (unpaired) electrons. The van der Waals surface area contributed by atoms with Crippen LogP contribution < -0.4 is 0 Å². The number of aryl methyl sites for hydroxylation is 2. The van der Waals surface area contributed by atoms with Gasteiger partial charge in [-0.15, -0.1) is 0 Å². The number of hydrogen-bond donors (Lipinski definition) is 0. The third-order valence-electron chi connectivity index (χ3n) is 1.84. The molecule has 0 heterocycles. The Morgan fingerprint density at radius 2 is 1.67 bits per heavy atom. The molecule has 1 aromatic carbocycles. The summed E-state index contributed by atoms with van der Waals surface area (Å²) >= 11 is 0. The molecule has 0 amide bonds. The van der Waals surface area contributed by atoms with Crippen molar-refractivity contribution >= 4 is 5.57 Å². The van der Waals surface area contributed by atoms with Crippen molar-refractivity contribution in [1.29, 1.82) is 0 Å². The molecule has 1 aromatic rings. The predicted octanol–water partition coefficient (Wildman–Crippen LogP) is 3.50. The molecule has 0 fully saturated rings. The molecule has 0 unspecified atom stereocenters.